The van der Waals surface area contributed by atoms with Crippen LogP contribution in [0.15, 0.2) is 0 Å². The fourth-order valence-electron chi connectivity index (χ4n) is 2.83. The lowest BCUT2D eigenvalue weighted by Gasteiger charge is -2.31. The van der Waals surface area contributed by atoms with Gasteiger partial charge >= 0.3 is 11.3 Å². The Morgan fingerprint density at radius 3 is 2.81 bits per heavy atom. The van der Waals surface area contributed by atoms with Crippen molar-refractivity contribution < 1.29 is 14.3 Å². The molecule has 1 amide bonds. The molecular weight excluding hydrogens is 230 g/mol. The molecule has 1 aliphatic carbocycles. The highest BCUT2D eigenvalue weighted by Gasteiger charge is 2.51. The summed E-state index contributed by atoms with van der Waals surface area (Å²) in [6, 6.07) is -0.288. The van der Waals surface area contributed by atoms with Gasteiger partial charge in [0.15, 0.2) is 0 Å². The number of ether oxygens (including phenoxy) is 1. The first kappa shape index (κ1) is 11.7. The lowest BCUT2D eigenvalue weighted by atomic mass is 9.99. The summed E-state index contributed by atoms with van der Waals surface area (Å²) >= 11 is 5.53. The lowest BCUT2D eigenvalue weighted by Crippen LogP contribution is -2.47. The van der Waals surface area contributed by atoms with Gasteiger partial charge in [0.05, 0.1) is 6.61 Å². The minimum Gasteiger partial charge on any atom is -0.464 e. The predicted octanol–water partition coefficient (Wildman–Crippen LogP) is 2.15. The first-order valence-electron chi connectivity index (χ1n) is 5.79. The monoisotopic (exact) mass is 245 g/mol. The van der Waals surface area contributed by atoms with Crippen LogP contribution in [0, 0.1) is 5.92 Å². The summed E-state index contributed by atoms with van der Waals surface area (Å²) in [5.74, 6) is -0.0416. The predicted molar refractivity (Wildman–Crippen MR) is 59.3 cm³/mol. The highest BCUT2D eigenvalue weighted by atomic mass is 35.5. The fraction of sp³-hybridized carbons (Fsp3) is 0.818. The summed E-state index contributed by atoms with van der Waals surface area (Å²) in [6.45, 7) is 2.36. The number of esters is 1. The maximum Gasteiger partial charge on any atom is 0.329 e. The average Bonchev–Trinajstić information content (AvgIpc) is 2.84. The Morgan fingerprint density at radius 2 is 2.19 bits per heavy atom. The zero-order chi connectivity index (χ0) is 11.7. The van der Waals surface area contributed by atoms with Crippen LogP contribution in [0.1, 0.15) is 32.6 Å². The van der Waals surface area contributed by atoms with Crippen molar-refractivity contribution in [2.24, 2.45) is 5.92 Å². The van der Waals surface area contributed by atoms with Crippen molar-refractivity contribution >= 4 is 22.9 Å². The molecule has 0 radical (unpaired) electrons. The van der Waals surface area contributed by atoms with E-state index in [1.165, 1.54) is 4.90 Å². The van der Waals surface area contributed by atoms with Crippen LogP contribution >= 0.6 is 11.6 Å². The summed E-state index contributed by atoms with van der Waals surface area (Å²) in [5, 5.41) is -0.523. The number of halogens is 1. The van der Waals surface area contributed by atoms with E-state index in [-0.39, 0.29) is 17.9 Å². The Balaban J connectivity index is 2.06. The second-order valence-corrected chi connectivity index (χ2v) is 4.82. The molecule has 90 valence electrons. The third kappa shape index (κ3) is 1.90. The number of hydrogen-bond acceptors (Lipinski definition) is 3. The number of nitrogens with zero attached hydrogens (tertiary/aromatic N) is 1. The van der Waals surface area contributed by atoms with Crippen molar-refractivity contribution in [1.29, 1.82) is 0 Å². The van der Waals surface area contributed by atoms with Gasteiger partial charge in [-0.15, -0.1) is 0 Å². The van der Waals surface area contributed by atoms with Gasteiger partial charge in [-0.05, 0) is 43.2 Å². The van der Waals surface area contributed by atoms with E-state index in [2.05, 4.69) is 0 Å². The summed E-state index contributed by atoms with van der Waals surface area (Å²) in [4.78, 5) is 24.6. The third-order valence-corrected chi connectivity index (χ3v) is 3.67. The SMILES string of the molecule is CCCOC(=O)C1C2CCC(C2)N1C(=O)Cl. The summed E-state index contributed by atoms with van der Waals surface area (Å²) in [6.07, 6.45) is 3.64. The first-order chi connectivity index (χ1) is 7.65. The summed E-state index contributed by atoms with van der Waals surface area (Å²) < 4.78 is 5.12. The molecule has 1 aliphatic heterocycles. The van der Waals surface area contributed by atoms with Crippen LogP contribution in [0.25, 0.3) is 0 Å². The minimum absolute atomic E-state index is 0.147. The quantitative estimate of drug-likeness (QED) is 0.435. The van der Waals surface area contributed by atoms with Crippen LogP contribution in [0.2, 0.25) is 0 Å². The van der Waals surface area contributed by atoms with Crippen LogP contribution in [0.3, 0.4) is 0 Å². The molecule has 2 bridgehead atoms. The highest BCUT2D eigenvalue weighted by Crippen LogP contribution is 2.43. The molecule has 3 unspecified atom stereocenters. The molecule has 0 aromatic rings. The molecule has 0 aromatic heterocycles. The van der Waals surface area contributed by atoms with Crippen LogP contribution < -0.4 is 0 Å². The van der Waals surface area contributed by atoms with Crippen molar-refractivity contribution in [2.45, 2.75) is 44.7 Å². The third-order valence-electron chi connectivity index (χ3n) is 3.48. The van der Waals surface area contributed by atoms with Crippen molar-refractivity contribution in [3.05, 3.63) is 0 Å². The van der Waals surface area contributed by atoms with Crippen LogP contribution in [-0.2, 0) is 9.53 Å². The molecule has 1 saturated heterocycles. The van der Waals surface area contributed by atoms with Gasteiger partial charge in [0, 0.05) is 6.04 Å². The molecule has 5 heteroatoms. The largest absolute Gasteiger partial charge is 0.464 e. The number of piperidine rings is 1. The molecule has 3 atom stereocenters. The van der Waals surface area contributed by atoms with E-state index in [4.69, 9.17) is 16.3 Å². The van der Waals surface area contributed by atoms with Crippen LogP contribution in [-0.4, -0.2) is 34.9 Å². The number of fused-ring (bicyclic) bond motifs is 2. The normalized spacial score (nSPS) is 31.9. The van der Waals surface area contributed by atoms with Crippen LogP contribution in [0.5, 0.6) is 0 Å². The number of rotatable bonds is 3. The topological polar surface area (TPSA) is 46.6 Å². The molecule has 2 aliphatic rings. The maximum atomic E-state index is 11.8. The molecule has 0 aromatic carbocycles. The van der Waals surface area contributed by atoms with E-state index in [0.29, 0.717) is 6.61 Å². The lowest BCUT2D eigenvalue weighted by molar-refractivity contribution is -0.150. The Hall–Kier alpha value is -0.770. The smallest absolute Gasteiger partial charge is 0.329 e. The van der Waals surface area contributed by atoms with Gasteiger partial charge < -0.3 is 9.64 Å². The minimum atomic E-state index is -0.523. The first-order valence-corrected chi connectivity index (χ1v) is 6.17. The van der Waals surface area contributed by atoms with Gasteiger partial charge in [0.2, 0.25) is 0 Å². The summed E-state index contributed by atoms with van der Waals surface area (Å²) in [7, 11) is 0. The standard InChI is InChI=1S/C11H16ClNO3/c1-2-5-16-10(14)9-7-3-4-8(6-7)13(9)11(12)15/h7-9H,2-6H2,1H3. The van der Waals surface area contributed by atoms with E-state index in [9.17, 15) is 9.59 Å². The van der Waals surface area contributed by atoms with E-state index < -0.39 is 11.4 Å². The number of likely N-dealkylation sites (tertiary alicyclic amines) is 1. The van der Waals surface area contributed by atoms with Gasteiger partial charge in [0.25, 0.3) is 0 Å². The number of amides is 1. The number of carbonyl (C=O) groups excluding carboxylic acids is 2. The van der Waals surface area contributed by atoms with Crippen molar-refractivity contribution in [3.63, 3.8) is 0 Å². The van der Waals surface area contributed by atoms with Gasteiger partial charge in [-0.2, -0.15) is 0 Å². The Morgan fingerprint density at radius 1 is 1.44 bits per heavy atom. The van der Waals surface area contributed by atoms with Gasteiger partial charge in [-0.25, -0.2) is 4.79 Å². The van der Waals surface area contributed by atoms with Crippen LogP contribution in [0.4, 0.5) is 4.79 Å². The second-order valence-electron chi connectivity index (χ2n) is 4.50. The molecule has 16 heavy (non-hydrogen) atoms. The van der Waals surface area contributed by atoms with Gasteiger partial charge in [0.1, 0.15) is 6.04 Å². The Bertz CT molecular complexity index is 308. The van der Waals surface area contributed by atoms with E-state index in [0.717, 1.165) is 25.7 Å². The van der Waals surface area contributed by atoms with E-state index in [1.807, 2.05) is 6.92 Å². The van der Waals surface area contributed by atoms with Crippen molar-refractivity contribution in [2.75, 3.05) is 6.61 Å². The maximum absolute atomic E-state index is 11.8. The Kier molecular flexibility index (Phi) is 3.38. The molecule has 0 spiro atoms. The fourth-order valence-corrected chi connectivity index (χ4v) is 3.08. The molecule has 2 rings (SSSR count). The zero-order valence-corrected chi connectivity index (χ0v) is 10.1. The van der Waals surface area contributed by atoms with Gasteiger partial charge in [-0.1, -0.05) is 6.92 Å². The molecule has 1 heterocycles. The van der Waals surface area contributed by atoms with Crippen molar-refractivity contribution in [3.8, 4) is 0 Å². The highest BCUT2D eigenvalue weighted by molar-refractivity contribution is 6.63. The van der Waals surface area contributed by atoms with E-state index in [1.54, 1.807) is 0 Å². The molecular formula is C11H16ClNO3. The Labute approximate surface area is 99.9 Å². The van der Waals surface area contributed by atoms with E-state index >= 15 is 0 Å². The average molecular weight is 246 g/mol. The number of hydrogen-bond donors (Lipinski definition) is 0. The number of carbonyl (C=O) groups is 2. The molecule has 4 nitrogen and oxygen atoms in total. The molecule has 0 N–H and O–H groups in total. The second kappa shape index (κ2) is 4.62. The van der Waals surface area contributed by atoms with Gasteiger partial charge in [-0.3, -0.25) is 4.79 Å². The molecule has 1 saturated carbocycles. The molecule has 2 fully saturated rings. The van der Waals surface area contributed by atoms with Crippen molar-refractivity contribution in [1.82, 2.24) is 4.90 Å². The summed E-state index contributed by atoms with van der Waals surface area (Å²) in [5.41, 5.74) is 0. The zero-order valence-electron chi connectivity index (χ0n) is 9.32.